The molecule has 2 heteroatoms. The highest BCUT2D eigenvalue weighted by molar-refractivity contribution is 5.86. The highest BCUT2D eigenvalue weighted by atomic mass is 14.7. The minimum Gasteiger partial charge on any atom is -0.360 e. The maximum Gasteiger partial charge on any atom is 0.101 e. The van der Waals surface area contributed by atoms with Gasteiger partial charge in [-0.3, -0.25) is 0 Å². The van der Waals surface area contributed by atoms with Gasteiger partial charge in [-0.2, -0.15) is 5.26 Å². The first-order valence-corrected chi connectivity index (χ1v) is 4.79. The Balaban J connectivity index is 0.000000617. The van der Waals surface area contributed by atoms with E-state index < -0.39 is 0 Å². The predicted octanol–water partition coefficient (Wildman–Crippen LogP) is 3.62. The molecule has 0 unspecified atom stereocenters. The lowest BCUT2D eigenvalue weighted by Gasteiger charge is -1.91. The first kappa shape index (κ1) is 10.3. The topological polar surface area (TPSA) is 39.6 Å². The van der Waals surface area contributed by atoms with E-state index in [2.05, 4.69) is 11.1 Å². The zero-order valence-electron chi connectivity index (χ0n) is 8.76. The van der Waals surface area contributed by atoms with Crippen LogP contribution in [0, 0.1) is 18.3 Å². The summed E-state index contributed by atoms with van der Waals surface area (Å²) in [5, 5.41) is 9.73. The molecule has 0 bridgehead atoms. The minimum atomic E-state index is 0. The van der Waals surface area contributed by atoms with Gasteiger partial charge >= 0.3 is 0 Å². The molecule has 0 radical (unpaired) electrons. The van der Waals surface area contributed by atoms with Gasteiger partial charge in [0.1, 0.15) is 6.07 Å². The van der Waals surface area contributed by atoms with Gasteiger partial charge in [0.05, 0.1) is 5.56 Å². The van der Waals surface area contributed by atoms with E-state index in [1.54, 1.807) is 6.20 Å². The Morgan fingerprint density at radius 3 is 2.71 bits per heavy atom. The lowest BCUT2D eigenvalue weighted by atomic mass is 10.1. The standard InChI is InChI=1S/C10H8N2.C2H6.H2/c1-7-2-3-9-8(5-11)6-12-10(9)4-7;1-2;/h2-4,6,12H,1H3;1-2H3;1H. The normalized spacial score (nSPS) is 9.00. The summed E-state index contributed by atoms with van der Waals surface area (Å²) in [7, 11) is 0. The predicted molar refractivity (Wildman–Crippen MR) is 61.2 cm³/mol. The zero-order chi connectivity index (χ0) is 10.6. The van der Waals surface area contributed by atoms with Crippen LogP contribution in [0.15, 0.2) is 24.4 Å². The Morgan fingerprint density at radius 1 is 1.36 bits per heavy atom. The Hall–Kier alpha value is -1.75. The highest BCUT2D eigenvalue weighted by Gasteiger charge is 2.00. The number of hydrogen-bond acceptors (Lipinski definition) is 1. The Labute approximate surface area is 85.7 Å². The third kappa shape index (κ3) is 1.77. The molecule has 1 N–H and O–H groups in total. The fraction of sp³-hybridized carbons (Fsp3) is 0.250. The molecule has 2 nitrogen and oxygen atoms in total. The van der Waals surface area contributed by atoms with Gasteiger partial charge in [-0.25, -0.2) is 0 Å². The molecule has 0 saturated heterocycles. The summed E-state index contributed by atoms with van der Waals surface area (Å²) >= 11 is 0. The van der Waals surface area contributed by atoms with Crippen molar-refractivity contribution in [2.45, 2.75) is 20.8 Å². The lowest BCUT2D eigenvalue weighted by molar-refractivity contribution is 1.43. The molecule has 0 aliphatic rings. The van der Waals surface area contributed by atoms with Crippen LogP contribution in [0.4, 0.5) is 0 Å². The van der Waals surface area contributed by atoms with Crippen LogP contribution in [0.3, 0.4) is 0 Å². The molecule has 0 atom stereocenters. The van der Waals surface area contributed by atoms with Crippen LogP contribution in [-0.2, 0) is 0 Å². The number of aryl methyl sites for hydroxylation is 1. The van der Waals surface area contributed by atoms with Gasteiger partial charge in [0.25, 0.3) is 0 Å². The van der Waals surface area contributed by atoms with Gasteiger partial charge in [-0.05, 0) is 18.6 Å². The fourth-order valence-corrected chi connectivity index (χ4v) is 1.33. The van der Waals surface area contributed by atoms with Crippen molar-refractivity contribution in [1.82, 2.24) is 4.98 Å². The molecular weight excluding hydrogens is 172 g/mol. The second kappa shape index (κ2) is 4.48. The number of nitrogens with one attached hydrogen (secondary N) is 1. The first-order chi connectivity index (χ1) is 6.81. The van der Waals surface area contributed by atoms with Crippen LogP contribution in [0.25, 0.3) is 10.9 Å². The first-order valence-electron chi connectivity index (χ1n) is 4.79. The summed E-state index contributed by atoms with van der Waals surface area (Å²) in [6.07, 6.45) is 1.74. The molecule has 0 amide bonds. The Kier molecular flexibility index (Phi) is 3.30. The van der Waals surface area contributed by atoms with Crippen molar-refractivity contribution >= 4 is 10.9 Å². The number of benzene rings is 1. The van der Waals surface area contributed by atoms with E-state index in [1.807, 2.05) is 39.0 Å². The number of H-pyrrole nitrogens is 1. The van der Waals surface area contributed by atoms with Crippen molar-refractivity contribution in [3.8, 4) is 6.07 Å². The molecule has 14 heavy (non-hydrogen) atoms. The summed E-state index contributed by atoms with van der Waals surface area (Å²) in [4.78, 5) is 3.06. The monoisotopic (exact) mass is 188 g/mol. The SMILES string of the molecule is CC.Cc1ccc2c(C#N)c[nH]c2c1.[HH]. The van der Waals surface area contributed by atoms with Crippen LogP contribution in [0.2, 0.25) is 0 Å². The quantitative estimate of drug-likeness (QED) is 0.673. The zero-order valence-corrected chi connectivity index (χ0v) is 8.76. The van der Waals surface area contributed by atoms with Crippen molar-refractivity contribution in [2.24, 2.45) is 0 Å². The molecule has 1 aromatic heterocycles. The molecule has 2 rings (SSSR count). The maximum absolute atomic E-state index is 8.72. The van der Waals surface area contributed by atoms with Gasteiger partial charge in [0.15, 0.2) is 0 Å². The summed E-state index contributed by atoms with van der Waals surface area (Å²) in [5.74, 6) is 0. The second-order valence-corrected chi connectivity index (χ2v) is 2.86. The third-order valence-corrected chi connectivity index (χ3v) is 1.96. The minimum absolute atomic E-state index is 0. The summed E-state index contributed by atoms with van der Waals surface area (Å²) in [6, 6.07) is 8.16. The van der Waals surface area contributed by atoms with E-state index in [0.29, 0.717) is 5.56 Å². The average Bonchev–Trinajstić information content (AvgIpc) is 2.62. The van der Waals surface area contributed by atoms with Crippen LogP contribution in [0.1, 0.15) is 26.4 Å². The number of rotatable bonds is 0. The van der Waals surface area contributed by atoms with E-state index >= 15 is 0 Å². The summed E-state index contributed by atoms with van der Waals surface area (Å²) < 4.78 is 0. The van der Waals surface area contributed by atoms with Gasteiger partial charge in [-0.1, -0.05) is 26.0 Å². The molecule has 0 aliphatic carbocycles. The smallest absolute Gasteiger partial charge is 0.101 e. The van der Waals surface area contributed by atoms with Gasteiger partial charge in [0.2, 0.25) is 0 Å². The summed E-state index contributed by atoms with van der Waals surface area (Å²) in [6.45, 7) is 6.03. The maximum atomic E-state index is 8.72. The van der Waals surface area contributed by atoms with Gasteiger partial charge < -0.3 is 4.98 Å². The van der Waals surface area contributed by atoms with Crippen LogP contribution >= 0.6 is 0 Å². The fourth-order valence-electron chi connectivity index (χ4n) is 1.33. The molecule has 2 aromatic rings. The highest BCUT2D eigenvalue weighted by Crippen LogP contribution is 2.18. The largest absolute Gasteiger partial charge is 0.360 e. The van der Waals surface area contributed by atoms with E-state index in [-0.39, 0.29) is 1.43 Å². The number of aromatic amines is 1. The number of aromatic nitrogens is 1. The van der Waals surface area contributed by atoms with Crippen LogP contribution < -0.4 is 0 Å². The lowest BCUT2D eigenvalue weighted by Crippen LogP contribution is -1.72. The number of hydrogen-bond donors (Lipinski definition) is 1. The molecule has 0 spiro atoms. The third-order valence-electron chi connectivity index (χ3n) is 1.96. The van der Waals surface area contributed by atoms with Crippen LogP contribution in [-0.4, -0.2) is 4.98 Å². The molecule has 0 fully saturated rings. The van der Waals surface area contributed by atoms with E-state index in [4.69, 9.17) is 5.26 Å². The Bertz CT molecular complexity index is 466. The van der Waals surface area contributed by atoms with Crippen molar-refractivity contribution in [1.29, 1.82) is 5.26 Å². The van der Waals surface area contributed by atoms with Crippen molar-refractivity contribution in [2.75, 3.05) is 0 Å². The molecular formula is C12H16N2. The molecule has 74 valence electrons. The number of nitrogens with zero attached hydrogens (tertiary/aromatic N) is 1. The summed E-state index contributed by atoms with van der Waals surface area (Å²) in [5.41, 5.74) is 2.95. The average molecular weight is 188 g/mol. The van der Waals surface area contributed by atoms with E-state index in [9.17, 15) is 0 Å². The van der Waals surface area contributed by atoms with E-state index in [0.717, 1.165) is 10.9 Å². The second-order valence-electron chi connectivity index (χ2n) is 2.86. The van der Waals surface area contributed by atoms with Gasteiger partial charge in [0, 0.05) is 18.5 Å². The van der Waals surface area contributed by atoms with Crippen molar-refractivity contribution in [3.63, 3.8) is 0 Å². The molecule has 1 aromatic carbocycles. The molecule has 0 aliphatic heterocycles. The number of nitriles is 1. The van der Waals surface area contributed by atoms with Crippen molar-refractivity contribution in [3.05, 3.63) is 35.5 Å². The molecule has 0 saturated carbocycles. The van der Waals surface area contributed by atoms with Gasteiger partial charge in [-0.15, -0.1) is 0 Å². The Morgan fingerprint density at radius 2 is 2.07 bits per heavy atom. The number of fused-ring (bicyclic) bond motifs is 1. The van der Waals surface area contributed by atoms with E-state index in [1.165, 1.54) is 5.56 Å². The van der Waals surface area contributed by atoms with Crippen LogP contribution in [0.5, 0.6) is 0 Å². The van der Waals surface area contributed by atoms with Crippen molar-refractivity contribution < 1.29 is 1.43 Å². The molecule has 1 heterocycles.